The molecule has 0 aliphatic rings. The van der Waals surface area contributed by atoms with Gasteiger partial charge in [0.25, 0.3) is 5.91 Å². The predicted octanol–water partition coefficient (Wildman–Crippen LogP) is 3.86. The molecule has 8 heteroatoms. The lowest BCUT2D eigenvalue weighted by atomic mass is 10.0. The maximum absolute atomic E-state index is 13.3. The largest absolute Gasteiger partial charge is 0.475 e. The summed E-state index contributed by atoms with van der Waals surface area (Å²) >= 11 is 0. The van der Waals surface area contributed by atoms with Gasteiger partial charge in [-0.05, 0) is 51.5 Å². The van der Waals surface area contributed by atoms with E-state index in [0.29, 0.717) is 34.3 Å². The molecule has 1 amide bonds. The Balaban J connectivity index is 1.89. The second-order valence-corrected chi connectivity index (χ2v) is 6.63. The number of nitrogens with zero attached hydrogens (tertiary/aromatic N) is 3. The van der Waals surface area contributed by atoms with E-state index in [-0.39, 0.29) is 17.8 Å². The average Bonchev–Trinajstić information content (AvgIpc) is 3.09. The van der Waals surface area contributed by atoms with Crippen molar-refractivity contribution >= 4 is 5.91 Å². The summed E-state index contributed by atoms with van der Waals surface area (Å²) in [5, 5.41) is 6.52. The van der Waals surface area contributed by atoms with E-state index in [1.807, 2.05) is 13.8 Å². The van der Waals surface area contributed by atoms with Gasteiger partial charge in [0.15, 0.2) is 5.82 Å². The van der Waals surface area contributed by atoms with Gasteiger partial charge in [0, 0.05) is 11.8 Å². The lowest BCUT2D eigenvalue weighted by Gasteiger charge is -2.15. The Bertz CT molecular complexity index is 970. The monoisotopic (exact) mass is 384 g/mol. The molecule has 0 aliphatic heterocycles. The van der Waals surface area contributed by atoms with Crippen LogP contribution in [0.15, 0.2) is 41.1 Å². The summed E-state index contributed by atoms with van der Waals surface area (Å²) in [5.41, 5.74) is 1.63. The van der Waals surface area contributed by atoms with Gasteiger partial charge in [-0.15, -0.1) is 0 Å². The molecule has 0 saturated heterocycles. The van der Waals surface area contributed by atoms with Crippen LogP contribution in [-0.4, -0.2) is 27.1 Å². The fraction of sp³-hybridized carbons (Fsp3) is 0.300. The van der Waals surface area contributed by atoms with Gasteiger partial charge >= 0.3 is 0 Å². The number of rotatable bonds is 6. The third-order valence-electron chi connectivity index (χ3n) is 3.88. The lowest BCUT2D eigenvalue weighted by molar-refractivity contribution is 0.0932. The highest BCUT2D eigenvalue weighted by atomic mass is 19.1. The Morgan fingerprint density at radius 1 is 1.21 bits per heavy atom. The molecule has 146 valence electrons. The van der Waals surface area contributed by atoms with Crippen LogP contribution in [0.2, 0.25) is 0 Å². The molecule has 1 atom stereocenters. The van der Waals surface area contributed by atoms with Gasteiger partial charge < -0.3 is 14.6 Å². The average molecular weight is 384 g/mol. The minimum atomic E-state index is -0.463. The Morgan fingerprint density at radius 3 is 2.54 bits per heavy atom. The number of carbonyl (C=O) groups is 1. The number of pyridine rings is 1. The highest BCUT2D eigenvalue weighted by Crippen LogP contribution is 2.30. The molecule has 0 aliphatic carbocycles. The number of ether oxygens (including phenoxy) is 1. The fourth-order valence-electron chi connectivity index (χ4n) is 2.56. The first-order valence-corrected chi connectivity index (χ1v) is 8.87. The SMILES string of the molecule is Cc1noc(C(C)NC(=O)c2cnc(OC(C)C)c(-c3ccc(F)cc3)c2)n1. The fourth-order valence-corrected chi connectivity index (χ4v) is 2.56. The summed E-state index contributed by atoms with van der Waals surface area (Å²) in [5.74, 6) is 0.485. The third kappa shape index (κ3) is 4.51. The van der Waals surface area contributed by atoms with Crippen molar-refractivity contribution in [1.29, 1.82) is 0 Å². The van der Waals surface area contributed by atoms with E-state index in [4.69, 9.17) is 9.26 Å². The molecule has 2 heterocycles. The first-order valence-electron chi connectivity index (χ1n) is 8.87. The normalized spacial score (nSPS) is 12.1. The van der Waals surface area contributed by atoms with Crippen LogP contribution in [0.5, 0.6) is 5.88 Å². The van der Waals surface area contributed by atoms with Crippen molar-refractivity contribution in [3.05, 3.63) is 59.6 Å². The predicted molar refractivity (Wildman–Crippen MR) is 100 cm³/mol. The molecule has 1 N–H and O–H groups in total. The molecule has 3 rings (SSSR count). The standard InChI is InChI=1S/C20H21FN4O3/c1-11(2)27-20-17(14-5-7-16(21)8-6-14)9-15(10-22-20)18(26)23-12(3)19-24-13(4)25-28-19/h5-12H,1-4H3,(H,23,26). The lowest BCUT2D eigenvalue weighted by Crippen LogP contribution is -2.27. The van der Waals surface area contributed by atoms with Gasteiger partial charge in [0.05, 0.1) is 11.7 Å². The van der Waals surface area contributed by atoms with Gasteiger partial charge in [0.2, 0.25) is 11.8 Å². The molecular weight excluding hydrogens is 363 g/mol. The molecule has 28 heavy (non-hydrogen) atoms. The minimum absolute atomic E-state index is 0.104. The second-order valence-electron chi connectivity index (χ2n) is 6.63. The van der Waals surface area contributed by atoms with E-state index in [1.54, 1.807) is 32.0 Å². The van der Waals surface area contributed by atoms with E-state index in [9.17, 15) is 9.18 Å². The number of hydrogen-bond acceptors (Lipinski definition) is 6. The summed E-state index contributed by atoms with van der Waals surface area (Å²) < 4.78 is 24.1. The number of aryl methyl sites for hydroxylation is 1. The number of carbonyl (C=O) groups excluding carboxylic acids is 1. The zero-order valence-corrected chi connectivity index (χ0v) is 16.1. The number of hydrogen-bond donors (Lipinski definition) is 1. The van der Waals surface area contributed by atoms with Crippen LogP contribution < -0.4 is 10.1 Å². The quantitative estimate of drug-likeness (QED) is 0.694. The number of amides is 1. The highest BCUT2D eigenvalue weighted by molar-refractivity contribution is 5.95. The van der Waals surface area contributed by atoms with Gasteiger partial charge in [-0.2, -0.15) is 4.98 Å². The van der Waals surface area contributed by atoms with Crippen molar-refractivity contribution in [3.8, 4) is 17.0 Å². The minimum Gasteiger partial charge on any atom is -0.475 e. The summed E-state index contributed by atoms with van der Waals surface area (Å²) in [6.45, 7) is 7.21. The van der Waals surface area contributed by atoms with Crippen molar-refractivity contribution in [2.24, 2.45) is 0 Å². The van der Waals surface area contributed by atoms with E-state index >= 15 is 0 Å². The van der Waals surface area contributed by atoms with Crippen LogP contribution in [0.1, 0.15) is 48.9 Å². The summed E-state index contributed by atoms with van der Waals surface area (Å²) in [4.78, 5) is 21.1. The van der Waals surface area contributed by atoms with E-state index in [0.717, 1.165) is 0 Å². The molecule has 7 nitrogen and oxygen atoms in total. The highest BCUT2D eigenvalue weighted by Gasteiger charge is 2.19. The molecule has 3 aromatic rings. The van der Waals surface area contributed by atoms with Gasteiger partial charge in [-0.25, -0.2) is 9.37 Å². The molecule has 1 unspecified atom stereocenters. The first-order chi connectivity index (χ1) is 13.3. The third-order valence-corrected chi connectivity index (χ3v) is 3.88. The Kier molecular flexibility index (Phi) is 5.67. The summed E-state index contributed by atoms with van der Waals surface area (Å²) in [7, 11) is 0. The summed E-state index contributed by atoms with van der Waals surface area (Å²) in [6, 6.07) is 7.13. The Hall–Kier alpha value is -3.29. The first kappa shape index (κ1) is 19.5. The topological polar surface area (TPSA) is 90.1 Å². The van der Waals surface area contributed by atoms with Crippen LogP contribution >= 0.6 is 0 Å². The van der Waals surface area contributed by atoms with Crippen molar-refractivity contribution in [2.45, 2.75) is 39.8 Å². The molecule has 0 fully saturated rings. The molecule has 2 aromatic heterocycles. The summed E-state index contributed by atoms with van der Waals surface area (Å²) in [6.07, 6.45) is 1.33. The molecular formula is C20H21FN4O3. The maximum Gasteiger partial charge on any atom is 0.253 e. The van der Waals surface area contributed by atoms with E-state index in [2.05, 4.69) is 20.4 Å². The van der Waals surface area contributed by atoms with Crippen LogP contribution in [0, 0.1) is 12.7 Å². The Morgan fingerprint density at radius 2 is 1.93 bits per heavy atom. The molecule has 0 radical (unpaired) electrons. The maximum atomic E-state index is 13.3. The van der Waals surface area contributed by atoms with Crippen molar-refractivity contribution in [1.82, 2.24) is 20.4 Å². The zero-order valence-electron chi connectivity index (χ0n) is 16.1. The van der Waals surface area contributed by atoms with E-state index in [1.165, 1.54) is 18.3 Å². The van der Waals surface area contributed by atoms with Crippen molar-refractivity contribution in [2.75, 3.05) is 0 Å². The van der Waals surface area contributed by atoms with Gasteiger partial charge in [-0.3, -0.25) is 4.79 Å². The van der Waals surface area contributed by atoms with Crippen molar-refractivity contribution in [3.63, 3.8) is 0 Å². The Labute approximate surface area is 161 Å². The van der Waals surface area contributed by atoms with Crippen molar-refractivity contribution < 1.29 is 18.4 Å². The van der Waals surface area contributed by atoms with E-state index < -0.39 is 6.04 Å². The smallest absolute Gasteiger partial charge is 0.253 e. The molecule has 1 aromatic carbocycles. The number of halogens is 1. The van der Waals surface area contributed by atoms with Crippen LogP contribution in [-0.2, 0) is 0 Å². The number of aromatic nitrogens is 3. The van der Waals surface area contributed by atoms with Crippen LogP contribution in [0.25, 0.3) is 11.1 Å². The molecule has 0 saturated carbocycles. The van der Waals surface area contributed by atoms with Crippen LogP contribution in [0.4, 0.5) is 4.39 Å². The van der Waals surface area contributed by atoms with Crippen LogP contribution in [0.3, 0.4) is 0 Å². The van der Waals surface area contributed by atoms with Gasteiger partial charge in [-0.1, -0.05) is 17.3 Å². The number of benzene rings is 1. The molecule has 0 spiro atoms. The second kappa shape index (κ2) is 8.16. The molecule has 0 bridgehead atoms. The van der Waals surface area contributed by atoms with Gasteiger partial charge in [0.1, 0.15) is 11.9 Å². The number of nitrogens with one attached hydrogen (secondary N) is 1. The zero-order chi connectivity index (χ0) is 20.3.